The summed E-state index contributed by atoms with van der Waals surface area (Å²) in [5, 5.41) is 2.83. The summed E-state index contributed by atoms with van der Waals surface area (Å²) in [5.74, 6) is -0.132. The predicted molar refractivity (Wildman–Crippen MR) is 104 cm³/mol. The summed E-state index contributed by atoms with van der Waals surface area (Å²) in [6, 6.07) is 12.3. The molecule has 27 heavy (non-hydrogen) atoms. The van der Waals surface area contributed by atoms with Gasteiger partial charge in [0.25, 0.3) is 0 Å². The van der Waals surface area contributed by atoms with Gasteiger partial charge in [0.05, 0.1) is 24.5 Å². The van der Waals surface area contributed by atoms with Gasteiger partial charge in [0, 0.05) is 18.8 Å². The van der Waals surface area contributed by atoms with Gasteiger partial charge in [-0.3, -0.25) is 4.79 Å². The Kier molecular flexibility index (Phi) is 5.94. The van der Waals surface area contributed by atoms with Crippen molar-refractivity contribution in [3.8, 4) is 0 Å². The molecule has 2 aromatic carbocycles. The van der Waals surface area contributed by atoms with E-state index in [-0.39, 0.29) is 17.2 Å². The fourth-order valence-electron chi connectivity index (χ4n) is 3.02. The molecule has 1 saturated heterocycles. The Morgan fingerprint density at radius 1 is 1.07 bits per heavy atom. The zero-order valence-electron chi connectivity index (χ0n) is 15.6. The molecule has 0 atom stereocenters. The molecule has 1 heterocycles. The maximum Gasteiger partial charge on any atom is 0.243 e. The molecular formula is C20H24N2O4S. The highest BCUT2D eigenvalue weighted by molar-refractivity contribution is 7.89. The average molecular weight is 388 g/mol. The van der Waals surface area contributed by atoms with Gasteiger partial charge in [-0.2, -0.15) is 4.31 Å². The van der Waals surface area contributed by atoms with Gasteiger partial charge in [0.15, 0.2) is 0 Å². The van der Waals surface area contributed by atoms with Crippen LogP contribution in [0.1, 0.15) is 16.7 Å². The van der Waals surface area contributed by atoms with Crippen LogP contribution in [0.25, 0.3) is 0 Å². The standard InChI is InChI=1S/C20H24N2O4S/c1-15-3-4-16(2)17(13-15)14-20(23)21-18-5-7-19(8-6-18)27(24,25)22-9-11-26-12-10-22/h3-8,13H,9-12,14H2,1-2H3,(H,21,23). The summed E-state index contributed by atoms with van der Waals surface area (Å²) < 4.78 is 31.9. The molecule has 2 aromatic rings. The zero-order valence-corrected chi connectivity index (χ0v) is 16.4. The number of morpholine rings is 1. The Balaban J connectivity index is 1.66. The number of nitrogens with one attached hydrogen (secondary N) is 1. The third kappa shape index (κ3) is 4.74. The van der Waals surface area contributed by atoms with Crippen LogP contribution in [0, 0.1) is 13.8 Å². The van der Waals surface area contributed by atoms with E-state index in [0.717, 1.165) is 16.7 Å². The lowest BCUT2D eigenvalue weighted by Crippen LogP contribution is -2.40. The van der Waals surface area contributed by atoms with Gasteiger partial charge >= 0.3 is 0 Å². The minimum atomic E-state index is -3.53. The molecule has 3 rings (SSSR count). The number of carbonyl (C=O) groups is 1. The summed E-state index contributed by atoms with van der Waals surface area (Å²) in [6.07, 6.45) is 0.279. The van der Waals surface area contributed by atoms with Gasteiger partial charge in [0.1, 0.15) is 0 Å². The molecule has 0 radical (unpaired) electrons. The first-order valence-electron chi connectivity index (χ1n) is 8.90. The Labute approximate surface area is 160 Å². The Bertz CT molecular complexity index is 917. The largest absolute Gasteiger partial charge is 0.379 e. The smallest absolute Gasteiger partial charge is 0.243 e. The van der Waals surface area contributed by atoms with Crippen LogP contribution in [-0.2, 0) is 26.0 Å². The number of rotatable bonds is 5. The lowest BCUT2D eigenvalue weighted by Gasteiger charge is -2.26. The number of carbonyl (C=O) groups excluding carboxylic acids is 1. The van der Waals surface area contributed by atoms with Crippen LogP contribution >= 0.6 is 0 Å². The summed E-state index contributed by atoms with van der Waals surface area (Å²) in [7, 11) is -3.53. The Morgan fingerprint density at radius 3 is 2.41 bits per heavy atom. The Hall–Kier alpha value is -2.22. The number of anilines is 1. The second-order valence-electron chi connectivity index (χ2n) is 6.70. The lowest BCUT2D eigenvalue weighted by atomic mass is 10.0. The van der Waals surface area contributed by atoms with E-state index in [2.05, 4.69) is 5.32 Å². The van der Waals surface area contributed by atoms with Crippen molar-refractivity contribution >= 4 is 21.6 Å². The summed E-state index contributed by atoms with van der Waals surface area (Å²) in [4.78, 5) is 12.5. The quantitative estimate of drug-likeness (QED) is 0.854. The molecule has 7 heteroatoms. The van der Waals surface area contributed by atoms with Gasteiger partial charge in [-0.05, 0) is 49.2 Å². The van der Waals surface area contributed by atoms with Crippen LogP contribution in [0.2, 0.25) is 0 Å². The van der Waals surface area contributed by atoms with Crippen molar-refractivity contribution in [2.45, 2.75) is 25.2 Å². The van der Waals surface area contributed by atoms with Crippen molar-refractivity contribution < 1.29 is 17.9 Å². The highest BCUT2D eigenvalue weighted by Crippen LogP contribution is 2.20. The number of ether oxygens (including phenoxy) is 1. The van der Waals surface area contributed by atoms with E-state index in [4.69, 9.17) is 4.74 Å². The maximum absolute atomic E-state index is 12.6. The third-order valence-electron chi connectivity index (χ3n) is 4.60. The van der Waals surface area contributed by atoms with Crippen LogP contribution in [0.3, 0.4) is 0 Å². The molecule has 6 nitrogen and oxygen atoms in total. The van der Waals surface area contributed by atoms with E-state index in [0.29, 0.717) is 32.0 Å². The minimum Gasteiger partial charge on any atom is -0.379 e. The molecule has 0 spiro atoms. The molecule has 1 aliphatic rings. The van der Waals surface area contributed by atoms with Gasteiger partial charge in [-0.25, -0.2) is 8.42 Å². The molecule has 1 amide bonds. The molecule has 0 aromatic heterocycles. The minimum absolute atomic E-state index is 0.132. The Morgan fingerprint density at radius 2 is 1.74 bits per heavy atom. The van der Waals surface area contributed by atoms with Crippen LogP contribution in [-0.4, -0.2) is 44.9 Å². The number of benzene rings is 2. The van der Waals surface area contributed by atoms with E-state index < -0.39 is 10.0 Å². The summed E-state index contributed by atoms with van der Waals surface area (Å²) in [5.41, 5.74) is 3.74. The van der Waals surface area contributed by atoms with Crippen molar-refractivity contribution in [2.75, 3.05) is 31.6 Å². The number of hydrogen-bond donors (Lipinski definition) is 1. The number of nitrogens with zero attached hydrogens (tertiary/aromatic N) is 1. The third-order valence-corrected chi connectivity index (χ3v) is 6.51. The SMILES string of the molecule is Cc1ccc(C)c(CC(=O)Nc2ccc(S(=O)(=O)N3CCOCC3)cc2)c1. The monoisotopic (exact) mass is 388 g/mol. The second kappa shape index (κ2) is 8.21. The molecule has 0 unspecified atom stereocenters. The van der Waals surface area contributed by atoms with Gasteiger partial charge in [0.2, 0.25) is 15.9 Å². The fourth-order valence-corrected chi connectivity index (χ4v) is 4.42. The molecular weight excluding hydrogens is 364 g/mol. The molecule has 1 aliphatic heterocycles. The maximum atomic E-state index is 12.6. The lowest BCUT2D eigenvalue weighted by molar-refractivity contribution is -0.115. The topological polar surface area (TPSA) is 75.7 Å². The molecule has 1 N–H and O–H groups in total. The highest BCUT2D eigenvalue weighted by Gasteiger charge is 2.26. The number of sulfonamides is 1. The highest BCUT2D eigenvalue weighted by atomic mass is 32.2. The van der Waals surface area contributed by atoms with E-state index in [1.807, 2.05) is 32.0 Å². The van der Waals surface area contributed by atoms with Crippen molar-refractivity contribution in [3.05, 3.63) is 59.2 Å². The van der Waals surface area contributed by atoms with Crippen LogP contribution in [0.4, 0.5) is 5.69 Å². The fraction of sp³-hybridized carbons (Fsp3) is 0.350. The molecule has 144 valence electrons. The van der Waals surface area contributed by atoms with E-state index in [9.17, 15) is 13.2 Å². The van der Waals surface area contributed by atoms with E-state index in [1.165, 1.54) is 16.4 Å². The van der Waals surface area contributed by atoms with Gasteiger partial charge < -0.3 is 10.1 Å². The van der Waals surface area contributed by atoms with Crippen molar-refractivity contribution in [2.24, 2.45) is 0 Å². The number of amides is 1. The van der Waals surface area contributed by atoms with E-state index >= 15 is 0 Å². The van der Waals surface area contributed by atoms with Crippen molar-refractivity contribution in [1.82, 2.24) is 4.31 Å². The summed E-state index contributed by atoms with van der Waals surface area (Å²) in [6.45, 7) is 5.51. The predicted octanol–water partition coefficient (Wildman–Crippen LogP) is 2.51. The van der Waals surface area contributed by atoms with Crippen molar-refractivity contribution in [3.63, 3.8) is 0 Å². The van der Waals surface area contributed by atoms with Gasteiger partial charge in [-0.1, -0.05) is 23.8 Å². The first kappa shape index (κ1) is 19.5. The molecule has 0 saturated carbocycles. The number of aryl methyl sites for hydroxylation is 2. The normalized spacial score (nSPS) is 15.5. The first-order valence-corrected chi connectivity index (χ1v) is 10.3. The van der Waals surface area contributed by atoms with Crippen molar-refractivity contribution in [1.29, 1.82) is 0 Å². The van der Waals surface area contributed by atoms with E-state index in [1.54, 1.807) is 12.1 Å². The van der Waals surface area contributed by atoms with Gasteiger partial charge in [-0.15, -0.1) is 0 Å². The van der Waals surface area contributed by atoms with Crippen LogP contribution in [0.15, 0.2) is 47.4 Å². The first-order chi connectivity index (χ1) is 12.9. The zero-order chi connectivity index (χ0) is 19.4. The van der Waals surface area contributed by atoms with Crippen LogP contribution < -0.4 is 5.32 Å². The summed E-state index contributed by atoms with van der Waals surface area (Å²) >= 11 is 0. The number of hydrogen-bond acceptors (Lipinski definition) is 4. The van der Waals surface area contributed by atoms with Crippen LogP contribution in [0.5, 0.6) is 0 Å². The molecule has 0 aliphatic carbocycles. The molecule has 0 bridgehead atoms. The second-order valence-corrected chi connectivity index (χ2v) is 8.63. The average Bonchev–Trinajstić information content (AvgIpc) is 2.66. The molecule has 1 fully saturated rings.